The van der Waals surface area contributed by atoms with Crippen molar-refractivity contribution in [2.45, 2.75) is 19.1 Å². The minimum absolute atomic E-state index is 0.122. The highest BCUT2D eigenvalue weighted by Crippen LogP contribution is 2.19. The first-order valence-corrected chi connectivity index (χ1v) is 9.92. The molecule has 3 N–H and O–H groups in total. The normalized spacial score (nSPS) is 11.6. The molecule has 1 atom stereocenters. The molecule has 2 aromatic carbocycles. The third kappa shape index (κ3) is 5.27. The summed E-state index contributed by atoms with van der Waals surface area (Å²) in [7, 11) is 0. The van der Waals surface area contributed by atoms with Crippen LogP contribution in [0.4, 0.5) is 10.5 Å². The summed E-state index contributed by atoms with van der Waals surface area (Å²) < 4.78 is 5.32. The van der Waals surface area contributed by atoms with Crippen LogP contribution in [0.2, 0.25) is 0 Å². The minimum Gasteiger partial charge on any atom is -0.445 e. The number of H-pyrrole nitrogens is 1. The van der Waals surface area contributed by atoms with Gasteiger partial charge in [-0.25, -0.2) is 4.79 Å². The van der Waals surface area contributed by atoms with E-state index in [1.807, 2.05) is 60.8 Å². The number of hydrogen-bond donors (Lipinski definition) is 3. The predicted molar refractivity (Wildman–Crippen MR) is 118 cm³/mol. The highest BCUT2D eigenvalue weighted by molar-refractivity contribution is 5.97. The third-order valence-corrected chi connectivity index (χ3v) is 4.85. The van der Waals surface area contributed by atoms with Gasteiger partial charge in [-0.1, -0.05) is 48.5 Å². The highest BCUT2D eigenvalue weighted by atomic mass is 16.5. The number of ether oxygens (including phenoxy) is 1. The molecule has 0 aliphatic carbocycles. The van der Waals surface area contributed by atoms with E-state index < -0.39 is 12.1 Å². The molecule has 0 aliphatic heterocycles. The predicted octanol–water partition coefficient (Wildman–Crippen LogP) is 4.04. The van der Waals surface area contributed by atoms with E-state index in [2.05, 4.69) is 20.6 Å². The van der Waals surface area contributed by atoms with Crippen molar-refractivity contribution in [3.05, 3.63) is 96.4 Å². The van der Waals surface area contributed by atoms with E-state index in [0.717, 1.165) is 22.0 Å². The van der Waals surface area contributed by atoms with Crippen molar-refractivity contribution < 1.29 is 14.3 Å². The summed E-state index contributed by atoms with van der Waals surface area (Å²) in [6.07, 6.45) is 4.67. The lowest BCUT2D eigenvalue weighted by atomic mass is 10.0. The lowest BCUT2D eigenvalue weighted by molar-refractivity contribution is -0.118. The maximum absolute atomic E-state index is 13.0. The van der Waals surface area contributed by atoms with Gasteiger partial charge >= 0.3 is 6.09 Å². The number of benzene rings is 2. The van der Waals surface area contributed by atoms with Crippen molar-refractivity contribution in [1.29, 1.82) is 0 Å². The first-order valence-electron chi connectivity index (χ1n) is 9.92. The maximum atomic E-state index is 13.0. The summed E-state index contributed by atoms with van der Waals surface area (Å²) in [6, 6.07) is 19.8. The van der Waals surface area contributed by atoms with E-state index in [0.29, 0.717) is 12.1 Å². The average molecular weight is 414 g/mol. The topological polar surface area (TPSA) is 96.1 Å². The molecule has 2 aromatic heterocycles. The van der Waals surface area contributed by atoms with E-state index in [1.54, 1.807) is 24.5 Å². The zero-order valence-electron chi connectivity index (χ0n) is 16.7. The van der Waals surface area contributed by atoms with Gasteiger partial charge in [-0.3, -0.25) is 9.78 Å². The first kappa shape index (κ1) is 20.2. The van der Waals surface area contributed by atoms with Crippen LogP contribution >= 0.6 is 0 Å². The summed E-state index contributed by atoms with van der Waals surface area (Å²) in [5, 5.41) is 6.50. The molecular weight excluding hydrogens is 392 g/mol. The Morgan fingerprint density at radius 2 is 1.81 bits per heavy atom. The van der Waals surface area contributed by atoms with E-state index in [4.69, 9.17) is 4.74 Å². The Morgan fingerprint density at radius 1 is 1.00 bits per heavy atom. The molecule has 4 rings (SSSR count). The number of nitrogens with one attached hydrogen (secondary N) is 3. The van der Waals surface area contributed by atoms with E-state index in [9.17, 15) is 9.59 Å². The van der Waals surface area contributed by atoms with Crippen molar-refractivity contribution in [2.75, 3.05) is 5.32 Å². The molecule has 0 fully saturated rings. The van der Waals surface area contributed by atoms with Gasteiger partial charge in [0.05, 0.1) is 11.9 Å². The Labute approximate surface area is 179 Å². The average Bonchev–Trinajstić information content (AvgIpc) is 3.21. The monoisotopic (exact) mass is 414 g/mol. The Bertz CT molecular complexity index is 1160. The van der Waals surface area contributed by atoms with Gasteiger partial charge in [0.2, 0.25) is 5.91 Å². The smallest absolute Gasteiger partial charge is 0.408 e. The van der Waals surface area contributed by atoms with Crippen molar-refractivity contribution in [1.82, 2.24) is 15.3 Å². The van der Waals surface area contributed by atoms with Crippen LogP contribution in [-0.4, -0.2) is 28.0 Å². The molecule has 7 heteroatoms. The standard InChI is InChI=1S/C24H22N4O3/c29-23(27-19-9-6-12-25-15-19)22(13-18-14-26-21-11-5-4-10-20(18)21)28-24(30)31-16-17-7-2-1-3-8-17/h1-12,14-15,22,26H,13,16H2,(H,27,29)(H,28,30)/t22-/m0/s1. The molecule has 2 amide bonds. The van der Waals surface area contributed by atoms with Crippen LogP contribution in [0, 0.1) is 0 Å². The Balaban J connectivity index is 1.48. The quantitative estimate of drug-likeness (QED) is 0.425. The Kier molecular flexibility index (Phi) is 6.23. The molecular formula is C24H22N4O3. The van der Waals surface area contributed by atoms with E-state index in [-0.39, 0.29) is 12.5 Å². The number of carbonyl (C=O) groups is 2. The molecule has 4 aromatic rings. The number of carbonyl (C=O) groups excluding carboxylic acids is 2. The van der Waals surface area contributed by atoms with Crippen LogP contribution in [-0.2, 0) is 22.6 Å². The molecule has 0 saturated carbocycles. The number of nitrogens with zero attached hydrogens (tertiary/aromatic N) is 1. The second kappa shape index (κ2) is 9.58. The van der Waals surface area contributed by atoms with Gasteiger partial charge in [-0.2, -0.15) is 0 Å². The number of anilines is 1. The van der Waals surface area contributed by atoms with Gasteiger partial charge in [0, 0.05) is 29.7 Å². The highest BCUT2D eigenvalue weighted by Gasteiger charge is 2.23. The number of aromatic amines is 1. The van der Waals surface area contributed by atoms with Crippen LogP contribution in [0.5, 0.6) is 0 Å². The lowest BCUT2D eigenvalue weighted by Crippen LogP contribution is -2.45. The molecule has 0 saturated heterocycles. The second-order valence-corrected chi connectivity index (χ2v) is 7.05. The fraction of sp³-hybridized carbons (Fsp3) is 0.125. The number of alkyl carbamates (subject to hydrolysis) is 1. The summed E-state index contributed by atoms with van der Waals surface area (Å²) >= 11 is 0. The number of pyridine rings is 1. The molecule has 156 valence electrons. The van der Waals surface area contributed by atoms with Gasteiger partial charge in [0.15, 0.2) is 0 Å². The van der Waals surface area contributed by atoms with Crippen LogP contribution < -0.4 is 10.6 Å². The largest absolute Gasteiger partial charge is 0.445 e. The zero-order valence-corrected chi connectivity index (χ0v) is 16.7. The molecule has 7 nitrogen and oxygen atoms in total. The molecule has 0 spiro atoms. The van der Waals surface area contributed by atoms with Gasteiger partial charge in [0.25, 0.3) is 0 Å². The molecule has 0 radical (unpaired) electrons. The Morgan fingerprint density at radius 3 is 2.61 bits per heavy atom. The van der Waals surface area contributed by atoms with Crippen molar-refractivity contribution >= 4 is 28.6 Å². The first-order chi connectivity index (χ1) is 15.2. The third-order valence-electron chi connectivity index (χ3n) is 4.85. The lowest BCUT2D eigenvalue weighted by Gasteiger charge is -2.18. The van der Waals surface area contributed by atoms with Crippen LogP contribution in [0.15, 0.2) is 85.3 Å². The van der Waals surface area contributed by atoms with E-state index in [1.165, 1.54) is 0 Å². The number of fused-ring (bicyclic) bond motifs is 1. The molecule has 0 bridgehead atoms. The van der Waals surface area contributed by atoms with E-state index >= 15 is 0 Å². The molecule has 0 unspecified atom stereocenters. The Hall–Kier alpha value is -4.13. The summed E-state index contributed by atoms with van der Waals surface area (Å²) in [4.78, 5) is 32.6. The summed E-state index contributed by atoms with van der Waals surface area (Å²) in [6.45, 7) is 0.122. The zero-order chi connectivity index (χ0) is 21.5. The maximum Gasteiger partial charge on any atom is 0.408 e. The number of rotatable bonds is 7. The van der Waals surface area contributed by atoms with Crippen LogP contribution in [0.3, 0.4) is 0 Å². The molecule has 0 aliphatic rings. The molecule has 2 heterocycles. The van der Waals surface area contributed by atoms with Gasteiger partial charge in [-0.15, -0.1) is 0 Å². The molecule has 31 heavy (non-hydrogen) atoms. The number of aromatic nitrogens is 2. The summed E-state index contributed by atoms with van der Waals surface area (Å²) in [5.74, 6) is -0.352. The van der Waals surface area contributed by atoms with Crippen LogP contribution in [0.25, 0.3) is 10.9 Å². The van der Waals surface area contributed by atoms with Gasteiger partial charge < -0.3 is 20.4 Å². The van der Waals surface area contributed by atoms with Gasteiger partial charge in [-0.05, 0) is 29.3 Å². The van der Waals surface area contributed by atoms with Gasteiger partial charge in [0.1, 0.15) is 12.6 Å². The SMILES string of the molecule is O=C(N[C@@H](Cc1c[nH]c2ccccc12)C(=O)Nc1cccnc1)OCc1ccccc1. The van der Waals surface area contributed by atoms with Crippen molar-refractivity contribution in [3.8, 4) is 0 Å². The van der Waals surface area contributed by atoms with Crippen LogP contribution in [0.1, 0.15) is 11.1 Å². The number of para-hydroxylation sites is 1. The van der Waals surface area contributed by atoms with Crippen molar-refractivity contribution in [2.24, 2.45) is 0 Å². The second-order valence-electron chi connectivity index (χ2n) is 7.05. The van der Waals surface area contributed by atoms with Crippen molar-refractivity contribution in [3.63, 3.8) is 0 Å². The fourth-order valence-corrected chi connectivity index (χ4v) is 3.30. The number of amides is 2. The summed E-state index contributed by atoms with van der Waals surface area (Å²) in [5.41, 5.74) is 3.31. The fourth-order valence-electron chi connectivity index (χ4n) is 3.30. The minimum atomic E-state index is -0.831. The number of hydrogen-bond acceptors (Lipinski definition) is 4.